The molecule has 100 valence electrons. The Labute approximate surface area is 107 Å². The second kappa shape index (κ2) is 6.36. The van der Waals surface area contributed by atoms with Gasteiger partial charge in [-0.25, -0.2) is 18.4 Å². The van der Waals surface area contributed by atoms with Gasteiger partial charge in [-0.1, -0.05) is 12.1 Å². The maximum Gasteiger partial charge on any atom is 0.314 e. The van der Waals surface area contributed by atoms with Crippen LogP contribution in [0.2, 0.25) is 0 Å². The number of hydrogen-bond donors (Lipinski definition) is 3. The van der Waals surface area contributed by atoms with Crippen LogP contribution >= 0.6 is 0 Å². The molecule has 0 bridgehead atoms. The summed E-state index contributed by atoms with van der Waals surface area (Å²) in [4.78, 5) is 11.2. The minimum Gasteiger partial charge on any atom is -0.338 e. The molecule has 0 radical (unpaired) electrons. The van der Waals surface area contributed by atoms with Gasteiger partial charge in [-0.2, -0.15) is 0 Å². The van der Waals surface area contributed by atoms with Gasteiger partial charge < -0.3 is 10.6 Å². The summed E-state index contributed by atoms with van der Waals surface area (Å²) in [6.45, 7) is 2.90. The molecule has 4 N–H and O–H groups in total. The van der Waals surface area contributed by atoms with Crippen LogP contribution in [0.1, 0.15) is 12.5 Å². The molecule has 0 saturated carbocycles. The van der Waals surface area contributed by atoms with Crippen LogP contribution < -0.4 is 15.8 Å². The summed E-state index contributed by atoms with van der Waals surface area (Å²) in [6, 6.07) is 6.06. The van der Waals surface area contributed by atoms with Crippen molar-refractivity contribution < 1.29 is 13.2 Å². The zero-order valence-electron chi connectivity index (χ0n) is 10.1. The van der Waals surface area contributed by atoms with Crippen LogP contribution in [0.3, 0.4) is 0 Å². The van der Waals surface area contributed by atoms with Gasteiger partial charge in [-0.3, -0.25) is 0 Å². The Bertz CT molecular complexity index is 497. The Morgan fingerprint density at radius 2 is 1.83 bits per heavy atom. The zero-order chi connectivity index (χ0) is 13.6. The maximum atomic E-state index is 11.1. The van der Waals surface area contributed by atoms with Crippen LogP contribution in [0.15, 0.2) is 29.2 Å². The Hall–Kier alpha value is -1.60. The third kappa shape index (κ3) is 4.72. The Morgan fingerprint density at radius 3 is 2.33 bits per heavy atom. The molecule has 6 nitrogen and oxygen atoms in total. The summed E-state index contributed by atoms with van der Waals surface area (Å²) in [6.07, 6.45) is 0.627. The average Bonchev–Trinajstić information content (AvgIpc) is 2.29. The van der Waals surface area contributed by atoms with Gasteiger partial charge in [0, 0.05) is 13.1 Å². The fourth-order valence-electron chi connectivity index (χ4n) is 1.39. The fourth-order valence-corrected chi connectivity index (χ4v) is 1.90. The highest BCUT2D eigenvalue weighted by Crippen LogP contribution is 2.08. The minimum atomic E-state index is -3.64. The van der Waals surface area contributed by atoms with Gasteiger partial charge >= 0.3 is 6.03 Å². The Balaban J connectivity index is 2.47. The molecule has 0 fully saturated rings. The number of nitrogens with one attached hydrogen (secondary N) is 2. The molecule has 18 heavy (non-hydrogen) atoms. The summed E-state index contributed by atoms with van der Waals surface area (Å²) < 4.78 is 22.1. The molecule has 1 aromatic rings. The highest BCUT2D eigenvalue weighted by molar-refractivity contribution is 7.89. The Morgan fingerprint density at radius 1 is 1.22 bits per heavy atom. The molecule has 0 atom stereocenters. The predicted molar refractivity (Wildman–Crippen MR) is 68.6 cm³/mol. The van der Waals surface area contributed by atoms with Crippen molar-refractivity contribution in [1.29, 1.82) is 0 Å². The van der Waals surface area contributed by atoms with E-state index in [9.17, 15) is 13.2 Å². The minimum absolute atomic E-state index is 0.0861. The molecule has 0 aliphatic rings. The van der Waals surface area contributed by atoms with Gasteiger partial charge in [0.05, 0.1) is 4.90 Å². The number of hydrogen-bond acceptors (Lipinski definition) is 3. The van der Waals surface area contributed by atoms with E-state index in [-0.39, 0.29) is 10.9 Å². The summed E-state index contributed by atoms with van der Waals surface area (Å²) in [7, 11) is -3.64. The van der Waals surface area contributed by atoms with Crippen LogP contribution in [-0.2, 0) is 16.4 Å². The van der Waals surface area contributed by atoms with Crippen molar-refractivity contribution in [3.05, 3.63) is 29.8 Å². The molecule has 0 aliphatic carbocycles. The molecule has 0 aromatic heterocycles. The number of benzene rings is 1. The number of amides is 2. The highest BCUT2D eigenvalue weighted by Gasteiger charge is 2.06. The van der Waals surface area contributed by atoms with Gasteiger partial charge in [-0.05, 0) is 31.0 Å². The average molecular weight is 271 g/mol. The Kier molecular flexibility index (Phi) is 5.11. The third-order valence-electron chi connectivity index (χ3n) is 2.29. The lowest BCUT2D eigenvalue weighted by Crippen LogP contribution is -2.36. The number of rotatable bonds is 5. The second-order valence-electron chi connectivity index (χ2n) is 3.73. The van der Waals surface area contributed by atoms with Crippen molar-refractivity contribution in [3.8, 4) is 0 Å². The molecule has 2 amide bonds. The standard InChI is InChI=1S/C11H17N3O3S/c1-2-13-11(15)14-8-7-9-3-5-10(6-4-9)18(12,16)17/h3-6H,2,7-8H2,1H3,(H2,12,16,17)(H2,13,14,15). The topological polar surface area (TPSA) is 101 Å². The van der Waals surface area contributed by atoms with Gasteiger partial charge in [-0.15, -0.1) is 0 Å². The summed E-state index contributed by atoms with van der Waals surface area (Å²) in [5.74, 6) is 0. The lowest BCUT2D eigenvalue weighted by Gasteiger charge is -2.06. The molecule has 7 heteroatoms. The molecule has 0 saturated heterocycles. The first-order chi connectivity index (χ1) is 8.43. The van der Waals surface area contributed by atoms with Crippen LogP contribution in [-0.4, -0.2) is 27.5 Å². The molecule has 1 rings (SSSR count). The number of urea groups is 1. The number of carbonyl (C=O) groups is 1. The SMILES string of the molecule is CCNC(=O)NCCc1ccc(S(N)(=O)=O)cc1. The van der Waals surface area contributed by atoms with Crippen molar-refractivity contribution in [3.63, 3.8) is 0 Å². The van der Waals surface area contributed by atoms with E-state index < -0.39 is 10.0 Å². The van der Waals surface area contributed by atoms with Crippen molar-refractivity contribution in [2.75, 3.05) is 13.1 Å². The van der Waals surface area contributed by atoms with E-state index in [1.807, 2.05) is 6.92 Å². The molecule has 1 aromatic carbocycles. The van der Waals surface area contributed by atoms with E-state index >= 15 is 0 Å². The molecule has 0 aliphatic heterocycles. The fraction of sp³-hybridized carbons (Fsp3) is 0.364. The van der Waals surface area contributed by atoms with E-state index in [4.69, 9.17) is 5.14 Å². The molecular formula is C11H17N3O3S. The molecule has 0 heterocycles. The first kappa shape index (κ1) is 14.5. The molecule has 0 spiro atoms. The zero-order valence-corrected chi connectivity index (χ0v) is 11.0. The predicted octanol–water partition coefficient (Wildman–Crippen LogP) is 0.196. The van der Waals surface area contributed by atoms with E-state index in [2.05, 4.69) is 10.6 Å². The van der Waals surface area contributed by atoms with Crippen LogP contribution in [0.5, 0.6) is 0 Å². The largest absolute Gasteiger partial charge is 0.338 e. The van der Waals surface area contributed by atoms with Crippen molar-refractivity contribution in [2.45, 2.75) is 18.2 Å². The van der Waals surface area contributed by atoms with Crippen LogP contribution in [0, 0.1) is 0 Å². The second-order valence-corrected chi connectivity index (χ2v) is 5.29. The maximum absolute atomic E-state index is 11.1. The van der Waals surface area contributed by atoms with E-state index in [1.165, 1.54) is 12.1 Å². The van der Waals surface area contributed by atoms with Gasteiger partial charge in [0.2, 0.25) is 10.0 Å². The van der Waals surface area contributed by atoms with E-state index in [0.29, 0.717) is 19.5 Å². The normalized spacial score (nSPS) is 11.0. The number of nitrogens with two attached hydrogens (primary N) is 1. The quantitative estimate of drug-likeness (QED) is 0.712. The van der Waals surface area contributed by atoms with Crippen molar-refractivity contribution >= 4 is 16.1 Å². The van der Waals surface area contributed by atoms with Crippen LogP contribution in [0.4, 0.5) is 4.79 Å². The number of carbonyl (C=O) groups excluding carboxylic acids is 1. The smallest absolute Gasteiger partial charge is 0.314 e. The van der Waals surface area contributed by atoms with Gasteiger partial charge in [0.1, 0.15) is 0 Å². The summed E-state index contributed by atoms with van der Waals surface area (Å²) >= 11 is 0. The molecular weight excluding hydrogens is 254 g/mol. The van der Waals surface area contributed by atoms with E-state index in [1.54, 1.807) is 12.1 Å². The highest BCUT2D eigenvalue weighted by atomic mass is 32.2. The third-order valence-corrected chi connectivity index (χ3v) is 3.22. The van der Waals surface area contributed by atoms with Crippen molar-refractivity contribution in [2.24, 2.45) is 5.14 Å². The number of sulfonamides is 1. The monoisotopic (exact) mass is 271 g/mol. The lowest BCUT2D eigenvalue weighted by atomic mass is 10.1. The summed E-state index contributed by atoms with van der Waals surface area (Å²) in [5, 5.41) is 10.3. The van der Waals surface area contributed by atoms with Crippen molar-refractivity contribution in [1.82, 2.24) is 10.6 Å². The van der Waals surface area contributed by atoms with Crippen LogP contribution in [0.25, 0.3) is 0 Å². The van der Waals surface area contributed by atoms with Gasteiger partial charge in [0.15, 0.2) is 0 Å². The first-order valence-electron chi connectivity index (χ1n) is 5.57. The molecule has 0 unspecified atom stereocenters. The summed E-state index contributed by atoms with van der Waals surface area (Å²) in [5.41, 5.74) is 0.930. The van der Waals surface area contributed by atoms with Gasteiger partial charge in [0.25, 0.3) is 0 Å². The first-order valence-corrected chi connectivity index (χ1v) is 7.11. The van der Waals surface area contributed by atoms with E-state index in [0.717, 1.165) is 5.56 Å². The lowest BCUT2D eigenvalue weighted by molar-refractivity contribution is 0.241. The number of primary sulfonamides is 1.